The molecule has 0 spiro atoms. The van der Waals surface area contributed by atoms with Crippen molar-refractivity contribution in [1.29, 1.82) is 0 Å². The molecule has 3 rings (SSSR count). The van der Waals surface area contributed by atoms with E-state index in [4.69, 9.17) is 9.15 Å². The van der Waals surface area contributed by atoms with E-state index in [1.807, 2.05) is 0 Å². The first-order valence-electron chi connectivity index (χ1n) is 6.03. The van der Waals surface area contributed by atoms with Crippen LogP contribution in [0.5, 0.6) is 5.75 Å². The topological polar surface area (TPSA) is 52.3 Å². The Balaban J connectivity index is 2.29. The van der Waals surface area contributed by atoms with Gasteiger partial charge in [0.05, 0.1) is 18.0 Å². The molecule has 0 aliphatic carbocycles. The van der Waals surface area contributed by atoms with E-state index in [-0.39, 0.29) is 10.9 Å². The molecular formula is C15H9F2NO3. The minimum absolute atomic E-state index is 0.176. The molecule has 1 heterocycles. The number of ether oxygens (including phenoxy) is 1. The lowest BCUT2D eigenvalue weighted by Crippen LogP contribution is -2.04. The molecule has 6 heteroatoms. The van der Waals surface area contributed by atoms with E-state index >= 15 is 0 Å². The number of rotatable bonds is 2. The number of aromatic nitrogens is 1. The monoisotopic (exact) mass is 289 g/mol. The largest absolute Gasteiger partial charge is 0.497 e. The Labute approximate surface area is 117 Å². The van der Waals surface area contributed by atoms with Crippen LogP contribution < -0.4 is 10.4 Å². The van der Waals surface area contributed by atoms with Crippen molar-refractivity contribution in [2.24, 2.45) is 0 Å². The van der Waals surface area contributed by atoms with Crippen molar-refractivity contribution >= 4 is 10.9 Å². The van der Waals surface area contributed by atoms with E-state index < -0.39 is 28.7 Å². The first-order valence-corrected chi connectivity index (χ1v) is 6.03. The van der Waals surface area contributed by atoms with Gasteiger partial charge in [-0.2, -0.15) is 0 Å². The molecule has 0 bridgehead atoms. The normalized spacial score (nSPS) is 10.8. The minimum atomic E-state index is -0.849. The summed E-state index contributed by atoms with van der Waals surface area (Å²) in [4.78, 5) is 16.0. The van der Waals surface area contributed by atoms with Crippen LogP contribution in [0.2, 0.25) is 0 Å². The van der Waals surface area contributed by atoms with Crippen LogP contribution in [0.25, 0.3) is 22.4 Å². The summed E-state index contributed by atoms with van der Waals surface area (Å²) in [5.41, 5.74) is -0.937. The molecule has 0 unspecified atom stereocenters. The highest BCUT2D eigenvalue weighted by Crippen LogP contribution is 2.25. The van der Waals surface area contributed by atoms with Gasteiger partial charge in [0.2, 0.25) is 5.89 Å². The maximum Gasteiger partial charge on any atom is 0.347 e. The SMILES string of the molecule is COc1ccc2nc(-c3c(F)cccc3F)oc(=O)c2c1. The lowest BCUT2D eigenvalue weighted by molar-refractivity contribution is 0.415. The standard InChI is InChI=1S/C15H9F2NO3/c1-20-8-5-6-12-9(7-8)15(19)21-14(18-12)13-10(16)3-2-4-11(13)17/h2-7H,1H3. The van der Waals surface area contributed by atoms with Crippen molar-refractivity contribution in [3.05, 3.63) is 58.5 Å². The van der Waals surface area contributed by atoms with E-state index in [9.17, 15) is 13.6 Å². The van der Waals surface area contributed by atoms with Gasteiger partial charge in [0.25, 0.3) is 0 Å². The van der Waals surface area contributed by atoms with Gasteiger partial charge in [0.1, 0.15) is 22.9 Å². The quantitative estimate of drug-likeness (QED) is 0.727. The van der Waals surface area contributed by atoms with Crippen LogP contribution >= 0.6 is 0 Å². The van der Waals surface area contributed by atoms with Gasteiger partial charge in [0.15, 0.2) is 0 Å². The van der Waals surface area contributed by atoms with Gasteiger partial charge >= 0.3 is 5.63 Å². The number of benzene rings is 2. The highest BCUT2D eigenvalue weighted by atomic mass is 19.1. The molecule has 0 fully saturated rings. The zero-order valence-electron chi connectivity index (χ0n) is 10.9. The number of nitrogens with zero attached hydrogens (tertiary/aromatic N) is 1. The third-order valence-electron chi connectivity index (χ3n) is 3.01. The van der Waals surface area contributed by atoms with Gasteiger partial charge in [-0.05, 0) is 30.3 Å². The van der Waals surface area contributed by atoms with Crippen molar-refractivity contribution in [2.45, 2.75) is 0 Å². The van der Waals surface area contributed by atoms with Gasteiger partial charge in [-0.15, -0.1) is 0 Å². The van der Waals surface area contributed by atoms with Crippen LogP contribution in [0.4, 0.5) is 8.78 Å². The molecule has 3 aromatic rings. The fraction of sp³-hybridized carbons (Fsp3) is 0.0667. The fourth-order valence-corrected chi connectivity index (χ4v) is 1.99. The fourth-order valence-electron chi connectivity index (χ4n) is 1.99. The Kier molecular flexibility index (Phi) is 3.13. The zero-order chi connectivity index (χ0) is 15.0. The average Bonchev–Trinajstić information content (AvgIpc) is 2.47. The van der Waals surface area contributed by atoms with E-state index in [0.717, 1.165) is 12.1 Å². The molecular weight excluding hydrogens is 280 g/mol. The molecule has 0 aliphatic heterocycles. The lowest BCUT2D eigenvalue weighted by atomic mass is 10.2. The molecule has 0 aliphatic rings. The van der Waals surface area contributed by atoms with Gasteiger partial charge < -0.3 is 9.15 Å². The number of halogens is 2. The predicted octanol–water partition coefficient (Wildman–Crippen LogP) is 3.14. The molecule has 21 heavy (non-hydrogen) atoms. The van der Waals surface area contributed by atoms with Crippen LogP contribution in [0.1, 0.15) is 0 Å². The molecule has 4 nitrogen and oxygen atoms in total. The number of fused-ring (bicyclic) bond motifs is 1. The van der Waals surface area contributed by atoms with E-state index in [1.165, 1.54) is 25.3 Å². The third-order valence-corrected chi connectivity index (χ3v) is 3.01. The van der Waals surface area contributed by atoms with Crippen molar-refractivity contribution in [2.75, 3.05) is 7.11 Å². The second-order valence-corrected chi connectivity index (χ2v) is 4.29. The molecule has 0 N–H and O–H groups in total. The van der Waals surface area contributed by atoms with E-state index in [2.05, 4.69) is 4.98 Å². The number of hydrogen-bond acceptors (Lipinski definition) is 4. The summed E-state index contributed by atoms with van der Waals surface area (Å²) >= 11 is 0. The van der Waals surface area contributed by atoms with Crippen molar-refractivity contribution in [1.82, 2.24) is 4.98 Å². The highest BCUT2D eigenvalue weighted by Gasteiger charge is 2.17. The Morgan fingerprint density at radius 2 is 1.86 bits per heavy atom. The summed E-state index contributed by atoms with van der Waals surface area (Å²) in [6.07, 6.45) is 0. The molecule has 2 aromatic carbocycles. The highest BCUT2D eigenvalue weighted by molar-refractivity contribution is 5.80. The molecule has 0 saturated carbocycles. The average molecular weight is 289 g/mol. The van der Waals surface area contributed by atoms with Crippen molar-refractivity contribution in [3.63, 3.8) is 0 Å². The van der Waals surface area contributed by atoms with Gasteiger partial charge in [-0.25, -0.2) is 18.6 Å². The summed E-state index contributed by atoms with van der Waals surface area (Å²) in [6.45, 7) is 0. The van der Waals surface area contributed by atoms with Crippen LogP contribution in [0, 0.1) is 11.6 Å². The zero-order valence-corrected chi connectivity index (χ0v) is 10.9. The Bertz CT molecular complexity index is 869. The van der Waals surface area contributed by atoms with Crippen LogP contribution in [0.3, 0.4) is 0 Å². The van der Waals surface area contributed by atoms with Gasteiger partial charge in [-0.1, -0.05) is 6.07 Å². The molecule has 106 valence electrons. The van der Waals surface area contributed by atoms with E-state index in [1.54, 1.807) is 6.07 Å². The molecule has 0 radical (unpaired) electrons. The van der Waals surface area contributed by atoms with Crippen LogP contribution in [0.15, 0.2) is 45.6 Å². The van der Waals surface area contributed by atoms with Gasteiger partial charge in [-0.3, -0.25) is 0 Å². The first-order chi connectivity index (χ1) is 10.1. The number of methoxy groups -OCH3 is 1. The minimum Gasteiger partial charge on any atom is -0.497 e. The third kappa shape index (κ3) is 2.24. The lowest BCUT2D eigenvalue weighted by Gasteiger charge is -2.05. The first kappa shape index (κ1) is 13.2. The van der Waals surface area contributed by atoms with Gasteiger partial charge in [0, 0.05) is 0 Å². The second kappa shape index (κ2) is 4.97. The van der Waals surface area contributed by atoms with Crippen LogP contribution in [-0.2, 0) is 0 Å². The molecule has 0 amide bonds. The molecule has 0 atom stereocenters. The number of hydrogen-bond donors (Lipinski definition) is 0. The summed E-state index contributed by atoms with van der Waals surface area (Å²) in [6, 6.07) is 7.92. The Hall–Kier alpha value is -2.76. The predicted molar refractivity (Wildman–Crippen MR) is 72.2 cm³/mol. The Morgan fingerprint density at radius 1 is 1.14 bits per heavy atom. The molecule has 1 aromatic heterocycles. The van der Waals surface area contributed by atoms with Crippen molar-refractivity contribution in [3.8, 4) is 17.2 Å². The summed E-state index contributed by atoms with van der Waals surface area (Å²) in [5, 5.41) is 0.176. The Morgan fingerprint density at radius 3 is 2.52 bits per heavy atom. The maximum atomic E-state index is 13.7. The smallest absolute Gasteiger partial charge is 0.347 e. The van der Waals surface area contributed by atoms with Crippen molar-refractivity contribution < 1.29 is 17.9 Å². The summed E-state index contributed by atoms with van der Waals surface area (Å²) < 4.78 is 37.4. The summed E-state index contributed by atoms with van der Waals surface area (Å²) in [5.74, 6) is -1.63. The second-order valence-electron chi connectivity index (χ2n) is 4.29. The van der Waals surface area contributed by atoms with E-state index in [0.29, 0.717) is 5.75 Å². The molecule has 0 saturated heterocycles. The maximum absolute atomic E-state index is 13.7. The summed E-state index contributed by atoms with van der Waals surface area (Å²) in [7, 11) is 1.46. The van der Waals surface area contributed by atoms with Crippen LogP contribution in [-0.4, -0.2) is 12.1 Å².